The molecule has 0 fully saturated rings. The monoisotopic (exact) mass is 443 g/mol. The number of aromatic nitrogens is 2. The molecule has 33 heavy (non-hydrogen) atoms. The molecule has 1 N–H and O–H groups in total. The molecule has 0 saturated carbocycles. The molecule has 0 aliphatic rings. The van der Waals surface area contributed by atoms with E-state index in [0.717, 1.165) is 16.7 Å². The zero-order chi connectivity index (χ0) is 23.2. The minimum Gasteiger partial charge on any atom is -0.493 e. The van der Waals surface area contributed by atoms with E-state index in [0.29, 0.717) is 35.0 Å². The molecule has 0 atom stereocenters. The smallest absolute Gasteiger partial charge is 0.256 e. The largest absolute Gasteiger partial charge is 0.493 e. The van der Waals surface area contributed by atoms with Crippen molar-refractivity contribution in [2.45, 2.75) is 6.54 Å². The SMILES string of the molecule is COc1cc(NC(=O)c2ccccc2-c2ccc(Cn3cccn3)cc2)cc(OC)c1OC. The second-order valence-corrected chi connectivity index (χ2v) is 7.31. The van der Waals surface area contributed by atoms with E-state index < -0.39 is 0 Å². The Morgan fingerprint density at radius 3 is 2.21 bits per heavy atom. The number of ether oxygens (including phenoxy) is 3. The fourth-order valence-corrected chi connectivity index (χ4v) is 3.66. The van der Waals surface area contributed by atoms with Crippen molar-refractivity contribution in [3.63, 3.8) is 0 Å². The van der Waals surface area contributed by atoms with Crippen LogP contribution in [-0.4, -0.2) is 37.0 Å². The van der Waals surface area contributed by atoms with E-state index >= 15 is 0 Å². The molecule has 1 amide bonds. The van der Waals surface area contributed by atoms with Crippen LogP contribution in [0.25, 0.3) is 11.1 Å². The molecule has 1 heterocycles. The average Bonchev–Trinajstić information content (AvgIpc) is 3.37. The van der Waals surface area contributed by atoms with Crippen LogP contribution in [0.3, 0.4) is 0 Å². The molecule has 7 heteroatoms. The van der Waals surface area contributed by atoms with Gasteiger partial charge in [0, 0.05) is 35.8 Å². The Labute approximate surface area is 192 Å². The summed E-state index contributed by atoms with van der Waals surface area (Å²) in [6.45, 7) is 0.691. The molecule has 0 spiro atoms. The van der Waals surface area contributed by atoms with Gasteiger partial charge in [0.05, 0.1) is 27.9 Å². The third kappa shape index (κ3) is 4.82. The minimum absolute atomic E-state index is 0.236. The van der Waals surface area contributed by atoms with Gasteiger partial charge in [-0.25, -0.2) is 0 Å². The van der Waals surface area contributed by atoms with E-state index in [1.165, 1.54) is 21.3 Å². The van der Waals surface area contributed by atoms with Crippen LogP contribution in [0.4, 0.5) is 5.69 Å². The fraction of sp³-hybridized carbons (Fsp3) is 0.154. The van der Waals surface area contributed by atoms with Gasteiger partial charge in [0.1, 0.15) is 0 Å². The van der Waals surface area contributed by atoms with E-state index in [1.807, 2.05) is 59.4 Å². The lowest BCUT2D eigenvalue weighted by Gasteiger charge is -2.15. The summed E-state index contributed by atoms with van der Waals surface area (Å²) in [5, 5.41) is 7.19. The molecule has 1 aromatic heterocycles. The Hall–Kier alpha value is -4.26. The van der Waals surface area contributed by atoms with Crippen LogP contribution < -0.4 is 19.5 Å². The van der Waals surface area contributed by atoms with Gasteiger partial charge >= 0.3 is 0 Å². The lowest BCUT2D eigenvalue weighted by molar-refractivity contribution is 0.102. The van der Waals surface area contributed by atoms with Crippen molar-refractivity contribution >= 4 is 11.6 Å². The van der Waals surface area contributed by atoms with Crippen molar-refractivity contribution in [2.75, 3.05) is 26.6 Å². The second-order valence-electron chi connectivity index (χ2n) is 7.31. The van der Waals surface area contributed by atoms with E-state index in [1.54, 1.807) is 24.4 Å². The van der Waals surface area contributed by atoms with Gasteiger partial charge in [-0.15, -0.1) is 0 Å². The number of rotatable bonds is 8. The number of methoxy groups -OCH3 is 3. The molecule has 0 bridgehead atoms. The first kappa shape index (κ1) is 22.0. The predicted molar refractivity (Wildman–Crippen MR) is 127 cm³/mol. The van der Waals surface area contributed by atoms with Crippen LogP contribution >= 0.6 is 0 Å². The summed E-state index contributed by atoms with van der Waals surface area (Å²) in [5.74, 6) is 1.16. The highest BCUT2D eigenvalue weighted by Crippen LogP contribution is 2.40. The highest BCUT2D eigenvalue weighted by Gasteiger charge is 2.17. The first-order chi connectivity index (χ1) is 16.1. The number of carbonyl (C=O) groups excluding carboxylic acids is 1. The molecule has 4 rings (SSSR count). The summed E-state index contributed by atoms with van der Waals surface area (Å²) >= 11 is 0. The van der Waals surface area contributed by atoms with Crippen molar-refractivity contribution in [2.24, 2.45) is 0 Å². The summed E-state index contributed by atoms with van der Waals surface area (Å²) in [6, 6.07) is 20.9. The molecule has 168 valence electrons. The normalized spacial score (nSPS) is 10.5. The highest BCUT2D eigenvalue weighted by molar-refractivity contribution is 6.09. The Balaban J connectivity index is 1.59. The van der Waals surface area contributed by atoms with Crippen molar-refractivity contribution in [1.82, 2.24) is 9.78 Å². The van der Waals surface area contributed by atoms with Crippen LogP contribution in [0.1, 0.15) is 15.9 Å². The molecule has 4 aromatic rings. The molecule has 3 aromatic carbocycles. The highest BCUT2D eigenvalue weighted by atomic mass is 16.5. The molecule has 0 unspecified atom stereocenters. The summed E-state index contributed by atoms with van der Waals surface area (Å²) < 4.78 is 18.0. The number of hydrogen-bond donors (Lipinski definition) is 1. The number of amides is 1. The number of hydrogen-bond acceptors (Lipinski definition) is 5. The zero-order valence-electron chi connectivity index (χ0n) is 18.7. The minimum atomic E-state index is -0.236. The quantitative estimate of drug-likeness (QED) is 0.420. The first-order valence-electron chi connectivity index (χ1n) is 10.4. The van der Waals surface area contributed by atoms with Crippen LogP contribution in [0.15, 0.2) is 79.1 Å². The number of carbonyl (C=O) groups is 1. The maximum atomic E-state index is 13.2. The second kappa shape index (κ2) is 9.91. The van der Waals surface area contributed by atoms with Crippen LogP contribution in [0, 0.1) is 0 Å². The molecular weight excluding hydrogens is 418 g/mol. The maximum absolute atomic E-state index is 13.2. The van der Waals surface area contributed by atoms with Gasteiger partial charge < -0.3 is 19.5 Å². The van der Waals surface area contributed by atoms with Gasteiger partial charge in [-0.3, -0.25) is 9.48 Å². The Morgan fingerprint density at radius 1 is 0.909 bits per heavy atom. The first-order valence-corrected chi connectivity index (χ1v) is 10.4. The molecule has 7 nitrogen and oxygen atoms in total. The van der Waals surface area contributed by atoms with E-state index in [4.69, 9.17) is 14.2 Å². The number of anilines is 1. The Kier molecular flexibility index (Phi) is 6.59. The fourth-order valence-electron chi connectivity index (χ4n) is 3.66. The van der Waals surface area contributed by atoms with Crippen molar-refractivity contribution < 1.29 is 19.0 Å². The molecular formula is C26H25N3O4. The molecule has 0 radical (unpaired) electrons. The van der Waals surface area contributed by atoms with Gasteiger partial charge in [0.25, 0.3) is 5.91 Å². The van der Waals surface area contributed by atoms with Gasteiger partial charge in [-0.05, 0) is 28.8 Å². The predicted octanol–water partition coefficient (Wildman–Crippen LogP) is 4.88. The van der Waals surface area contributed by atoms with Crippen molar-refractivity contribution in [3.8, 4) is 28.4 Å². The van der Waals surface area contributed by atoms with Gasteiger partial charge in [0.15, 0.2) is 11.5 Å². The Morgan fingerprint density at radius 2 is 1.61 bits per heavy atom. The number of nitrogens with one attached hydrogen (secondary N) is 1. The molecule has 0 aliphatic heterocycles. The van der Waals surface area contributed by atoms with E-state index in [9.17, 15) is 4.79 Å². The van der Waals surface area contributed by atoms with Gasteiger partial charge in [0.2, 0.25) is 5.75 Å². The third-order valence-corrected chi connectivity index (χ3v) is 5.26. The summed E-state index contributed by atoms with van der Waals surface area (Å²) in [5.41, 5.74) is 4.02. The standard InChI is InChI=1S/C26H25N3O4/c1-31-23-15-20(16-24(32-2)25(23)33-3)28-26(30)22-8-5-4-7-21(22)19-11-9-18(10-12-19)17-29-14-6-13-27-29/h4-16H,17H2,1-3H3,(H,28,30). The summed E-state index contributed by atoms with van der Waals surface area (Å²) in [7, 11) is 4.61. The van der Waals surface area contributed by atoms with Crippen LogP contribution in [0.2, 0.25) is 0 Å². The lowest BCUT2D eigenvalue weighted by Crippen LogP contribution is -2.13. The van der Waals surface area contributed by atoms with Crippen LogP contribution in [0.5, 0.6) is 17.2 Å². The van der Waals surface area contributed by atoms with Gasteiger partial charge in [-0.1, -0.05) is 42.5 Å². The van der Waals surface area contributed by atoms with Crippen LogP contribution in [-0.2, 0) is 6.54 Å². The molecule has 0 aliphatic carbocycles. The van der Waals surface area contributed by atoms with Gasteiger partial charge in [-0.2, -0.15) is 5.10 Å². The van der Waals surface area contributed by atoms with E-state index in [-0.39, 0.29) is 5.91 Å². The topological polar surface area (TPSA) is 74.6 Å². The van der Waals surface area contributed by atoms with Crippen molar-refractivity contribution in [3.05, 3.63) is 90.3 Å². The summed E-state index contributed by atoms with van der Waals surface area (Å²) in [6.07, 6.45) is 3.69. The maximum Gasteiger partial charge on any atom is 0.256 e. The van der Waals surface area contributed by atoms with E-state index in [2.05, 4.69) is 10.4 Å². The lowest BCUT2D eigenvalue weighted by atomic mass is 9.98. The third-order valence-electron chi connectivity index (χ3n) is 5.26. The number of benzene rings is 3. The van der Waals surface area contributed by atoms with Crippen molar-refractivity contribution in [1.29, 1.82) is 0 Å². The Bertz CT molecular complexity index is 1210. The summed E-state index contributed by atoms with van der Waals surface area (Å²) in [4.78, 5) is 13.2. The molecule has 0 saturated heterocycles. The average molecular weight is 444 g/mol. The zero-order valence-corrected chi connectivity index (χ0v) is 18.7. The number of nitrogens with zero attached hydrogens (tertiary/aromatic N) is 2.